The Balaban J connectivity index is 1.57. The lowest BCUT2D eigenvalue weighted by molar-refractivity contribution is -0.143. The van der Waals surface area contributed by atoms with Gasteiger partial charge in [0.15, 0.2) is 0 Å². The second-order valence-corrected chi connectivity index (χ2v) is 10.7. The molecule has 4 rings (SSSR count). The number of para-hydroxylation sites is 1. The maximum atomic E-state index is 13.6. The molecule has 0 radical (unpaired) electrons. The van der Waals surface area contributed by atoms with Crippen molar-refractivity contribution in [3.63, 3.8) is 0 Å². The molecule has 1 aromatic rings. The number of phenols is 1. The Morgan fingerprint density at radius 3 is 2.54 bits per heavy atom. The standard InChI is InChI=1S/C30H41NO6/c1-3-19(15-20-9-7-8-12-25(20)33)13-14-26(34)27-21(18-37-2)16-23-28(24(27)17-32)30(36)31(29(23)35)22-10-5-4-6-11-22/h7-9,12,15,22-24,26,28,32-34H,3-6,10-11,13-14,16-18H2,1-2H3/b19-15+/t23-,24+,26-,28-/m1/s1. The van der Waals surface area contributed by atoms with Gasteiger partial charge in [0.05, 0.1) is 31.2 Å². The first-order valence-corrected chi connectivity index (χ1v) is 13.7. The van der Waals surface area contributed by atoms with E-state index in [0.717, 1.165) is 55.2 Å². The van der Waals surface area contributed by atoms with E-state index in [1.54, 1.807) is 19.2 Å². The molecular formula is C30H41NO6. The predicted octanol–water partition coefficient (Wildman–Crippen LogP) is 4.22. The highest BCUT2D eigenvalue weighted by atomic mass is 16.5. The predicted molar refractivity (Wildman–Crippen MR) is 141 cm³/mol. The number of hydrogen-bond donors (Lipinski definition) is 3. The van der Waals surface area contributed by atoms with Crippen molar-refractivity contribution >= 4 is 17.9 Å². The van der Waals surface area contributed by atoms with E-state index in [-0.39, 0.29) is 36.8 Å². The van der Waals surface area contributed by atoms with E-state index in [1.807, 2.05) is 25.1 Å². The highest BCUT2D eigenvalue weighted by molar-refractivity contribution is 6.06. The van der Waals surface area contributed by atoms with Crippen molar-refractivity contribution in [3.8, 4) is 5.75 Å². The van der Waals surface area contributed by atoms with Gasteiger partial charge in [-0.25, -0.2) is 0 Å². The number of hydrogen-bond acceptors (Lipinski definition) is 6. The third kappa shape index (κ3) is 5.69. The minimum absolute atomic E-state index is 0.0513. The van der Waals surface area contributed by atoms with Crippen molar-refractivity contribution in [2.24, 2.45) is 17.8 Å². The monoisotopic (exact) mass is 511 g/mol. The molecule has 202 valence electrons. The Morgan fingerprint density at radius 1 is 1.16 bits per heavy atom. The summed E-state index contributed by atoms with van der Waals surface area (Å²) < 4.78 is 5.45. The van der Waals surface area contributed by atoms with Crippen LogP contribution in [-0.2, 0) is 14.3 Å². The summed E-state index contributed by atoms with van der Waals surface area (Å²) in [7, 11) is 1.58. The van der Waals surface area contributed by atoms with Crippen LogP contribution in [0, 0.1) is 17.8 Å². The van der Waals surface area contributed by atoms with Crippen LogP contribution in [0.5, 0.6) is 5.75 Å². The molecule has 3 aliphatic rings. The van der Waals surface area contributed by atoms with Crippen molar-refractivity contribution in [3.05, 3.63) is 46.5 Å². The molecule has 7 nitrogen and oxygen atoms in total. The molecule has 7 heteroatoms. The average molecular weight is 512 g/mol. The number of aliphatic hydroxyl groups excluding tert-OH is 2. The Labute approximate surface area is 219 Å². The van der Waals surface area contributed by atoms with Gasteiger partial charge in [0.1, 0.15) is 5.75 Å². The number of rotatable bonds is 10. The van der Waals surface area contributed by atoms with Gasteiger partial charge >= 0.3 is 0 Å². The lowest BCUT2D eigenvalue weighted by Crippen LogP contribution is -2.42. The number of fused-ring (bicyclic) bond motifs is 1. The highest BCUT2D eigenvalue weighted by Crippen LogP contribution is 2.47. The smallest absolute Gasteiger partial charge is 0.234 e. The van der Waals surface area contributed by atoms with E-state index in [4.69, 9.17) is 4.74 Å². The molecule has 1 aliphatic heterocycles. The van der Waals surface area contributed by atoms with Gasteiger partial charge in [-0.1, -0.05) is 56.0 Å². The highest BCUT2D eigenvalue weighted by Gasteiger charge is 2.56. The lowest BCUT2D eigenvalue weighted by Gasteiger charge is -2.36. The molecule has 1 saturated carbocycles. The van der Waals surface area contributed by atoms with E-state index in [9.17, 15) is 24.9 Å². The van der Waals surface area contributed by atoms with Crippen molar-refractivity contribution in [2.75, 3.05) is 20.3 Å². The summed E-state index contributed by atoms with van der Waals surface area (Å²) in [6.45, 7) is 2.00. The van der Waals surface area contributed by atoms with Crippen molar-refractivity contribution < 1.29 is 29.6 Å². The molecule has 2 amide bonds. The summed E-state index contributed by atoms with van der Waals surface area (Å²) >= 11 is 0. The minimum atomic E-state index is -0.866. The first kappa shape index (κ1) is 27.6. The quantitative estimate of drug-likeness (QED) is 0.321. The van der Waals surface area contributed by atoms with E-state index in [2.05, 4.69) is 0 Å². The number of amides is 2. The molecule has 4 atom stereocenters. The third-order valence-corrected chi connectivity index (χ3v) is 8.52. The summed E-state index contributed by atoms with van der Waals surface area (Å²) in [6.07, 6.45) is 8.11. The number of likely N-dealkylation sites (tertiary alicyclic amines) is 1. The third-order valence-electron chi connectivity index (χ3n) is 8.52. The Kier molecular flexibility index (Phi) is 9.22. The summed E-state index contributed by atoms with van der Waals surface area (Å²) in [5.41, 5.74) is 3.30. The first-order valence-electron chi connectivity index (χ1n) is 13.7. The number of aliphatic hydroxyl groups is 2. The summed E-state index contributed by atoms with van der Waals surface area (Å²) in [6, 6.07) is 7.10. The Bertz CT molecular complexity index is 1040. The van der Waals surface area contributed by atoms with Gasteiger partial charge in [-0.2, -0.15) is 0 Å². The molecule has 2 aliphatic carbocycles. The number of carbonyl (C=O) groups excluding carboxylic acids is 2. The molecule has 2 fully saturated rings. The van der Waals surface area contributed by atoms with E-state index >= 15 is 0 Å². The summed E-state index contributed by atoms with van der Waals surface area (Å²) in [5.74, 6) is -1.83. The molecule has 3 N–H and O–H groups in total. The molecule has 0 bridgehead atoms. The zero-order valence-corrected chi connectivity index (χ0v) is 22.1. The van der Waals surface area contributed by atoms with Crippen LogP contribution in [0.3, 0.4) is 0 Å². The van der Waals surface area contributed by atoms with E-state index in [1.165, 1.54) is 4.90 Å². The molecular weight excluding hydrogens is 470 g/mol. The van der Waals surface area contributed by atoms with Crippen LogP contribution < -0.4 is 0 Å². The van der Waals surface area contributed by atoms with Crippen LogP contribution in [0.1, 0.15) is 70.3 Å². The molecule has 0 spiro atoms. The number of benzene rings is 1. The molecule has 0 aromatic heterocycles. The Morgan fingerprint density at radius 2 is 1.89 bits per heavy atom. The second-order valence-electron chi connectivity index (χ2n) is 10.7. The minimum Gasteiger partial charge on any atom is -0.507 e. The maximum Gasteiger partial charge on any atom is 0.234 e. The second kappa shape index (κ2) is 12.4. The van der Waals surface area contributed by atoms with E-state index < -0.39 is 23.9 Å². The molecule has 37 heavy (non-hydrogen) atoms. The number of carbonyl (C=O) groups is 2. The number of ether oxygens (including phenoxy) is 1. The average Bonchev–Trinajstić information content (AvgIpc) is 3.16. The van der Waals surface area contributed by atoms with Crippen LogP contribution in [0.25, 0.3) is 6.08 Å². The van der Waals surface area contributed by atoms with Gasteiger partial charge in [0.25, 0.3) is 0 Å². The fourth-order valence-corrected chi connectivity index (χ4v) is 6.65. The molecule has 1 aromatic carbocycles. The summed E-state index contributed by atoms with van der Waals surface area (Å²) in [4.78, 5) is 28.6. The van der Waals surface area contributed by atoms with Gasteiger partial charge in [0.2, 0.25) is 11.8 Å². The fourth-order valence-electron chi connectivity index (χ4n) is 6.65. The number of phenolic OH excluding ortho intramolecular Hbond substituents is 1. The normalized spacial score (nSPS) is 26.1. The first-order chi connectivity index (χ1) is 17.9. The summed E-state index contributed by atoms with van der Waals surface area (Å²) in [5, 5.41) is 32.0. The number of nitrogens with zero attached hydrogens (tertiary/aromatic N) is 1. The van der Waals surface area contributed by atoms with Gasteiger partial charge in [0, 0.05) is 24.6 Å². The molecule has 1 heterocycles. The van der Waals surface area contributed by atoms with Crippen LogP contribution >= 0.6 is 0 Å². The lowest BCUT2D eigenvalue weighted by atomic mass is 9.68. The maximum absolute atomic E-state index is 13.6. The number of imide groups is 1. The Hall–Kier alpha value is -2.48. The van der Waals surface area contributed by atoms with Crippen LogP contribution in [0.15, 0.2) is 41.0 Å². The zero-order chi connectivity index (χ0) is 26.5. The number of aromatic hydroxyl groups is 1. The fraction of sp³-hybridized carbons (Fsp3) is 0.600. The van der Waals surface area contributed by atoms with E-state index in [0.29, 0.717) is 24.8 Å². The molecule has 0 unspecified atom stereocenters. The SMILES string of the molecule is CC/C(=C\c1ccccc1O)CC[C@@H](O)C1=C(COC)C[C@H]2C(=O)N(C3CCCCC3)C(=O)[C@H]2[C@H]1CO. The van der Waals surface area contributed by atoms with Gasteiger partial charge < -0.3 is 20.1 Å². The van der Waals surface area contributed by atoms with Gasteiger partial charge in [-0.05, 0) is 55.7 Å². The van der Waals surface area contributed by atoms with Crippen molar-refractivity contribution in [1.82, 2.24) is 4.90 Å². The van der Waals surface area contributed by atoms with Crippen LogP contribution in [0.2, 0.25) is 0 Å². The topological polar surface area (TPSA) is 107 Å². The van der Waals surface area contributed by atoms with Crippen molar-refractivity contribution in [2.45, 2.75) is 76.9 Å². The van der Waals surface area contributed by atoms with Crippen LogP contribution in [0.4, 0.5) is 0 Å². The number of allylic oxidation sites excluding steroid dienone is 1. The van der Waals surface area contributed by atoms with Gasteiger partial charge in [-0.3, -0.25) is 14.5 Å². The van der Waals surface area contributed by atoms with Crippen LogP contribution in [-0.4, -0.2) is 64.5 Å². The molecule has 1 saturated heterocycles. The number of methoxy groups -OCH3 is 1. The largest absolute Gasteiger partial charge is 0.507 e. The zero-order valence-electron chi connectivity index (χ0n) is 22.1. The van der Waals surface area contributed by atoms with Crippen molar-refractivity contribution in [1.29, 1.82) is 0 Å². The van der Waals surface area contributed by atoms with Gasteiger partial charge in [-0.15, -0.1) is 0 Å².